The highest BCUT2D eigenvalue weighted by Gasteiger charge is 1.92. The van der Waals surface area contributed by atoms with Gasteiger partial charge in [0.2, 0.25) is 6.29 Å². The van der Waals surface area contributed by atoms with Crippen LogP contribution in [0.25, 0.3) is 0 Å². The molecule has 0 aromatic carbocycles. The maximum absolute atomic E-state index is 9.85. The molecule has 1 aromatic rings. The van der Waals surface area contributed by atoms with Gasteiger partial charge in [0.15, 0.2) is 0 Å². The van der Waals surface area contributed by atoms with Crippen molar-refractivity contribution in [3.05, 3.63) is 18.2 Å². The molecule has 1 radical (unpaired) electrons. The van der Waals surface area contributed by atoms with Gasteiger partial charge >= 0.3 is 0 Å². The van der Waals surface area contributed by atoms with Crippen LogP contribution in [-0.4, -0.2) is 15.8 Å². The van der Waals surface area contributed by atoms with E-state index in [4.69, 9.17) is 0 Å². The molecule has 0 N–H and O–H groups in total. The average Bonchev–Trinajstić information content (AvgIpc) is 2.18. The fourth-order valence-electron chi connectivity index (χ4n) is 0.640. The molecule has 0 fully saturated rings. The lowest BCUT2D eigenvalue weighted by molar-refractivity contribution is 0.544. The maximum Gasteiger partial charge on any atom is 0.219 e. The standard InChI is InChI=1S/C6H7N2O/c1-6-7-2-3-8(6)4-5-9/h2-3H,4H2,1H3. The van der Waals surface area contributed by atoms with Crippen molar-refractivity contribution in [3.63, 3.8) is 0 Å². The first-order valence-corrected chi connectivity index (χ1v) is 2.67. The second-order valence-electron chi connectivity index (χ2n) is 1.75. The summed E-state index contributed by atoms with van der Waals surface area (Å²) in [6.45, 7) is 2.13. The van der Waals surface area contributed by atoms with E-state index in [0.29, 0.717) is 0 Å². The number of nitrogens with zero attached hydrogens (tertiary/aromatic N) is 2. The second-order valence-corrected chi connectivity index (χ2v) is 1.75. The first kappa shape index (κ1) is 6.01. The van der Waals surface area contributed by atoms with Crippen molar-refractivity contribution in [2.75, 3.05) is 0 Å². The SMILES string of the molecule is Cc1nccn1C[C]=O. The highest BCUT2D eigenvalue weighted by molar-refractivity contribution is 5.50. The third kappa shape index (κ3) is 1.16. The molecule has 0 aliphatic heterocycles. The van der Waals surface area contributed by atoms with Gasteiger partial charge in [-0.25, -0.2) is 4.98 Å². The molecule has 0 saturated carbocycles. The average molecular weight is 123 g/mol. The van der Waals surface area contributed by atoms with Crippen molar-refractivity contribution in [2.24, 2.45) is 0 Å². The molecule has 0 spiro atoms. The van der Waals surface area contributed by atoms with Gasteiger partial charge < -0.3 is 4.57 Å². The molecule has 0 aliphatic rings. The van der Waals surface area contributed by atoms with Crippen molar-refractivity contribution < 1.29 is 4.79 Å². The van der Waals surface area contributed by atoms with Gasteiger partial charge in [0.25, 0.3) is 0 Å². The molecule has 0 amide bonds. The summed E-state index contributed by atoms with van der Waals surface area (Å²) in [7, 11) is 0. The zero-order chi connectivity index (χ0) is 6.69. The van der Waals surface area contributed by atoms with Crippen LogP contribution >= 0.6 is 0 Å². The van der Waals surface area contributed by atoms with Crippen LogP contribution in [-0.2, 0) is 11.3 Å². The van der Waals surface area contributed by atoms with Crippen LogP contribution in [0.5, 0.6) is 0 Å². The summed E-state index contributed by atoms with van der Waals surface area (Å²) in [5.41, 5.74) is 0. The molecule has 1 aromatic heterocycles. The highest BCUT2D eigenvalue weighted by Crippen LogP contribution is 1.91. The summed E-state index contributed by atoms with van der Waals surface area (Å²) >= 11 is 0. The largest absolute Gasteiger partial charge is 0.327 e. The lowest BCUT2D eigenvalue weighted by atomic mass is 10.6. The first-order valence-electron chi connectivity index (χ1n) is 2.67. The number of hydrogen-bond acceptors (Lipinski definition) is 2. The molecule has 3 heteroatoms. The Morgan fingerprint density at radius 1 is 1.89 bits per heavy atom. The molecule has 0 bridgehead atoms. The van der Waals surface area contributed by atoms with E-state index < -0.39 is 0 Å². The van der Waals surface area contributed by atoms with E-state index in [1.165, 1.54) is 0 Å². The molecule has 0 aliphatic carbocycles. The van der Waals surface area contributed by atoms with E-state index in [2.05, 4.69) is 4.98 Å². The summed E-state index contributed by atoms with van der Waals surface area (Å²) in [5.74, 6) is 0.846. The van der Waals surface area contributed by atoms with Crippen LogP contribution in [0.15, 0.2) is 12.4 Å². The summed E-state index contributed by atoms with van der Waals surface area (Å²) in [6, 6.07) is 0. The topological polar surface area (TPSA) is 34.9 Å². The van der Waals surface area contributed by atoms with E-state index in [1.807, 2.05) is 6.92 Å². The van der Waals surface area contributed by atoms with E-state index in [0.717, 1.165) is 5.82 Å². The Bertz CT molecular complexity index is 205. The zero-order valence-corrected chi connectivity index (χ0v) is 5.16. The Kier molecular flexibility index (Phi) is 1.63. The Balaban J connectivity index is 2.80. The number of aryl methyl sites for hydroxylation is 1. The van der Waals surface area contributed by atoms with E-state index in [1.54, 1.807) is 23.2 Å². The van der Waals surface area contributed by atoms with E-state index in [9.17, 15) is 4.79 Å². The third-order valence-electron chi connectivity index (χ3n) is 1.16. The van der Waals surface area contributed by atoms with Gasteiger partial charge in [0.1, 0.15) is 5.82 Å². The van der Waals surface area contributed by atoms with Crippen molar-refractivity contribution in [1.29, 1.82) is 0 Å². The van der Waals surface area contributed by atoms with E-state index in [-0.39, 0.29) is 6.54 Å². The minimum atomic E-state index is 0.284. The molecule has 1 rings (SSSR count). The van der Waals surface area contributed by atoms with Gasteiger partial charge in [-0.3, -0.25) is 4.79 Å². The lowest BCUT2D eigenvalue weighted by Gasteiger charge is -1.93. The van der Waals surface area contributed by atoms with Gasteiger partial charge in [-0.2, -0.15) is 0 Å². The Morgan fingerprint density at radius 3 is 3.11 bits per heavy atom. The van der Waals surface area contributed by atoms with Crippen LogP contribution in [0.1, 0.15) is 5.82 Å². The smallest absolute Gasteiger partial charge is 0.219 e. The van der Waals surface area contributed by atoms with Crippen molar-refractivity contribution in [3.8, 4) is 0 Å². The molecule has 0 atom stereocenters. The third-order valence-corrected chi connectivity index (χ3v) is 1.16. The summed E-state index contributed by atoms with van der Waals surface area (Å²) in [4.78, 5) is 13.8. The van der Waals surface area contributed by atoms with Gasteiger partial charge in [-0.15, -0.1) is 0 Å². The van der Waals surface area contributed by atoms with Crippen LogP contribution in [0.2, 0.25) is 0 Å². The summed E-state index contributed by atoms with van der Waals surface area (Å²) < 4.78 is 1.73. The van der Waals surface area contributed by atoms with Crippen LogP contribution < -0.4 is 0 Å². The molecular formula is C6H7N2O. The second kappa shape index (κ2) is 2.44. The quantitative estimate of drug-likeness (QED) is 0.567. The van der Waals surface area contributed by atoms with Crippen molar-refractivity contribution in [2.45, 2.75) is 13.5 Å². The molecular weight excluding hydrogens is 116 g/mol. The fourth-order valence-corrected chi connectivity index (χ4v) is 0.640. The number of rotatable bonds is 2. The molecule has 1 heterocycles. The number of hydrogen-bond donors (Lipinski definition) is 0. The Hall–Kier alpha value is -1.12. The first-order chi connectivity index (χ1) is 4.34. The summed E-state index contributed by atoms with van der Waals surface area (Å²) in [6.07, 6.45) is 5.19. The van der Waals surface area contributed by atoms with Crippen molar-refractivity contribution in [1.82, 2.24) is 9.55 Å². The van der Waals surface area contributed by atoms with Crippen LogP contribution in [0, 0.1) is 6.92 Å². The molecule has 0 saturated heterocycles. The molecule has 0 unspecified atom stereocenters. The van der Waals surface area contributed by atoms with Crippen LogP contribution in [0.3, 0.4) is 0 Å². The number of carbonyl (C=O) groups excluding carboxylic acids is 1. The monoisotopic (exact) mass is 123 g/mol. The van der Waals surface area contributed by atoms with Gasteiger partial charge in [0, 0.05) is 12.4 Å². The summed E-state index contributed by atoms with van der Waals surface area (Å²) in [5, 5.41) is 0. The Labute approximate surface area is 53.3 Å². The molecule has 3 nitrogen and oxygen atoms in total. The van der Waals surface area contributed by atoms with Crippen molar-refractivity contribution >= 4 is 6.29 Å². The number of imidazole rings is 1. The van der Waals surface area contributed by atoms with E-state index >= 15 is 0 Å². The van der Waals surface area contributed by atoms with Gasteiger partial charge in [-0.05, 0) is 6.92 Å². The highest BCUT2D eigenvalue weighted by atomic mass is 16.1. The normalized spacial score (nSPS) is 9.44. The lowest BCUT2D eigenvalue weighted by Crippen LogP contribution is -1.98. The van der Waals surface area contributed by atoms with Crippen LogP contribution in [0.4, 0.5) is 0 Å². The predicted octanol–water partition coefficient (Wildman–Crippen LogP) is 0.301. The predicted molar refractivity (Wildman–Crippen MR) is 32.7 cm³/mol. The minimum Gasteiger partial charge on any atom is -0.327 e. The van der Waals surface area contributed by atoms with Gasteiger partial charge in [-0.1, -0.05) is 0 Å². The molecule has 9 heavy (non-hydrogen) atoms. The zero-order valence-electron chi connectivity index (χ0n) is 5.16. The van der Waals surface area contributed by atoms with Gasteiger partial charge in [0.05, 0.1) is 6.54 Å². The molecule has 47 valence electrons. The Morgan fingerprint density at radius 2 is 2.67 bits per heavy atom. The minimum absolute atomic E-state index is 0.284. The number of aromatic nitrogens is 2. The maximum atomic E-state index is 9.85. The fraction of sp³-hybridized carbons (Fsp3) is 0.333.